The lowest BCUT2D eigenvalue weighted by molar-refractivity contribution is -0.145. The number of hydrogen-bond donors (Lipinski definition) is 3. The zero-order valence-corrected chi connectivity index (χ0v) is 24.9. The lowest BCUT2D eigenvalue weighted by Gasteiger charge is -2.26. The van der Waals surface area contributed by atoms with Crippen LogP contribution >= 0.6 is 0 Å². The number of carboxylic acid groups (broad SMARTS) is 1. The third-order valence-corrected chi connectivity index (χ3v) is 7.74. The molecule has 230 valence electrons. The van der Waals surface area contributed by atoms with Crippen LogP contribution in [-0.4, -0.2) is 75.2 Å². The number of carbonyl (C=O) groups is 4. The first-order chi connectivity index (χ1) is 20.9. The molecule has 2 heterocycles. The number of likely N-dealkylation sites (tertiary alicyclic amines) is 1. The van der Waals surface area contributed by atoms with Gasteiger partial charge in [-0.15, -0.1) is 6.58 Å². The molecule has 1 aliphatic carbocycles. The molecular weight excluding hydrogens is 564 g/mol. The molecular formula is C33H36N4O7. The van der Waals surface area contributed by atoms with Crippen molar-refractivity contribution in [3.05, 3.63) is 73.3 Å². The molecule has 0 radical (unpaired) electrons. The van der Waals surface area contributed by atoms with E-state index in [9.17, 15) is 24.3 Å². The molecule has 3 amide bonds. The Labute approximate surface area is 255 Å². The number of amides is 3. The van der Waals surface area contributed by atoms with E-state index in [4.69, 9.17) is 14.5 Å². The van der Waals surface area contributed by atoms with Gasteiger partial charge in [0.25, 0.3) is 0 Å². The van der Waals surface area contributed by atoms with Gasteiger partial charge in [-0.1, -0.05) is 48.5 Å². The molecule has 1 unspecified atom stereocenters. The van der Waals surface area contributed by atoms with E-state index in [1.54, 1.807) is 20.8 Å². The number of ether oxygens (including phenoxy) is 2. The van der Waals surface area contributed by atoms with Gasteiger partial charge in [-0.25, -0.2) is 14.6 Å². The highest BCUT2D eigenvalue weighted by molar-refractivity contribution is 5.95. The molecule has 1 aromatic heterocycles. The summed E-state index contributed by atoms with van der Waals surface area (Å²) in [6, 6.07) is 18.0. The van der Waals surface area contributed by atoms with Crippen LogP contribution < -0.4 is 15.4 Å². The summed E-state index contributed by atoms with van der Waals surface area (Å²) in [5.74, 6) is -2.20. The van der Waals surface area contributed by atoms with Crippen LogP contribution in [0.2, 0.25) is 0 Å². The highest BCUT2D eigenvalue weighted by Crippen LogP contribution is 2.45. The monoisotopic (exact) mass is 600 g/mol. The summed E-state index contributed by atoms with van der Waals surface area (Å²) in [5, 5.41) is 15.7. The highest BCUT2D eigenvalue weighted by atomic mass is 16.6. The van der Waals surface area contributed by atoms with Gasteiger partial charge in [-0.3, -0.25) is 9.59 Å². The number of aliphatic carboxylic acids is 1. The van der Waals surface area contributed by atoms with E-state index in [2.05, 4.69) is 17.2 Å². The van der Waals surface area contributed by atoms with Gasteiger partial charge in [0.05, 0.1) is 17.8 Å². The number of carboxylic acids is 1. The topological polar surface area (TPSA) is 147 Å². The molecule has 1 saturated carbocycles. The predicted octanol–water partition coefficient (Wildman–Crippen LogP) is 3.92. The van der Waals surface area contributed by atoms with E-state index in [1.807, 2.05) is 60.7 Å². The van der Waals surface area contributed by atoms with E-state index >= 15 is 0 Å². The number of nitrogens with one attached hydrogen (secondary N) is 2. The fraction of sp³-hybridized carbons (Fsp3) is 0.364. The minimum atomic E-state index is -1.47. The minimum absolute atomic E-state index is 0.0369. The molecule has 1 saturated heterocycles. The van der Waals surface area contributed by atoms with Crippen molar-refractivity contribution < 1.29 is 33.8 Å². The van der Waals surface area contributed by atoms with E-state index in [1.165, 1.54) is 11.0 Å². The third-order valence-electron chi connectivity index (χ3n) is 7.74. The average molecular weight is 601 g/mol. The van der Waals surface area contributed by atoms with E-state index in [-0.39, 0.29) is 19.4 Å². The fourth-order valence-corrected chi connectivity index (χ4v) is 5.47. The number of benzene rings is 2. The van der Waals surface area contributed by atoms with Gasteiger partial charge in [0.15, 0.2) is 0 Å². The number of aromatic nitrogens is 1. The van der Waals surface area contributed by atoms with Gasteiger partial charge in [0, 0.05) is 29.4 Å². The number of alkyl carbamates (subject to hydrolysis) is 1. The maximum absolute atomic E-state index is 13.6. The SMILES string of the molecule is C=CC1C[C@@]1(NC(=O)[C@@H]1C[C@@H](Oc2cc(-c3ccccc3)nc3ccccc23)CN1C(=O)CNC(=O)OC(C)(C)C)C(=O)O. The lowest BCUT2D eigenvalue weighted by Crippen LogP contribution is -2.54. The van der Waals surface area contributed by atoms with Gasteiger partial charge in [0.1, 0.15) is 35.6 Å². The summed E-state index contributed by atoms with van der Waals surface area (Å²) in [6.07, 6.45) is 0.439. The van der Waals surface area contributed by atoms with Crippen LogP contribution in [0.5, 0.6) is 5.75 Å². The van der Waals surface area contributed by atoms with E-state index in [0.29, 0.717) is 11.4 Å². The second kappa shape index (κ2) is 12.0. The number of pyridine rings is 1. The van der Waals surface area contributed by atoms with Crippen molar-refractivity contribution >= 4 is 34.8 Å². The first-order valence-corrected chi connectivity index (χ1v) is 14.5. The van der Waals surface area contributed by atoms with Gasteiger partial charge >= 0.3 is 12.1 Å². The molecule has 2 fully saturated rings. The first kappa shape index (κ1) is 30.5. The molecule has 5 rings (SSSR count). The summed E-state index contributed by atoms with van der Waals surface area (Å²) in [5.41, 5.74) is 0.0991. The van der Waals surface area contributed by atoms with Crippen molar-refractivity contribution in [3.63, 3.8) is 0 Å². The Morgan fingerprint density at radius 1 is 1.11 bits per heavy atom. The Morgan fingerprint density at radius 3 is 2.48 bits per heavy atom. The van der Waals surface area contributed by atoms with Crippen molar-refractivity contribution in [2.45, 2.75) is 56.9 Å². The zero-order valence-electron chi connectivity index (χ0n) is 24.9. The first-order valence-electron chi connectivity index (χ1n) is 14.5. The third kappa shape index (κ3) is 6.51. The molecule has 4 atom stereocenters. The quantitative estimate of drug-likeness (QED) is 0.313. The zero-order chi connectivity index (χ0) is 31.6. The summed E-state index contributed by atoms with van der Waals surface area (Å²) in [4.78, 5) is 57.4. The minimum Gasteiger partial charge on any atom is -0.488 e. The van der Waals surface area contributed by atoms with Gasteiger partial charge < -0.3 is 30.1 Å². The van der Waals surface area contributed by atoms with Crippen LogP contribution in [-0.2, 0) is 19.1 Å². The van der Waals surface area contributed by atoms with Crippen molar-refractivity contribution in [1.29, 1.82) is 0 Å². The molecule has 2 aromatic carbocycles. The molecule has 1 aliphatic heterocycles. The van der Waals surface area contributed by atoms with E-state index < -0.39 is 59.6 Å². The Morgan fingerprint density at radius 2 is 1.82 bits per heavy atom. The highest BCUT2D eigenvalue weighted by Gasteiger charge is 2.61. The van der Waals surface area contributed by atoms with Crippen LogP contribution in [0.15, 0.2) is 73.3 Å². The Hall–Kier alpha value is -4.93. The normalized spacial score (nSPS) is 22.6. The fourth-order valence-electron chi connectivity index (χ4n) is 5.47. The number of hydrogen-bond acceptors (Lipinski definition) is 7. The predicted molar refractivity (Wildman–Crippen MR) is 163 cm³/mol. The number of para-hydroxylation sites is 1. The second-order valence-electron chi connectivity index (χ2n) is 12.1. The van der Waals surface area contributed by atoms with Crippen LogP contribution in [0.1, 0.15) is 33.6 Å². The van der Waals surface area contributed by atoms with Crippen molar-refractivity contribution in [2.24, 2.45) is 5.92 Å². The van der Waals surface area contributed by atoms with Crippen LogP contribution in [0, 0.1) is 5.92 Å². The van der Waals surface area contributed by atoms with Gasteiger partial charge in [0.2, 0.25) is 11.8 Å². The number of nitrogens with zero attached hydrogens (tertiary/aromatic N) is 2. The summed E-state index contributed by atoms with van der Waals surface area (Å²) >= 11 is 0. The largest absolute Gasteiger partial charge is 0.488 e. The number of fused-ring (bicyclic) bond motifs is 1. The van der Waals surface area contributed by atoms with Crippen molar-refractivity contribution in [2.75, 3.05) is 13.1 Å². The summed E-state index contributed by atoms with van der Waals surface area (Å²) in [7, 11) is 0. The smallest absolute Gasteiger partial charge is 0.408 e. The van der Waals surface area contributed by atoms with Crippen LogP contribution in [0.3, 0.4) is 0 Å². The maximum Gasteiger partial charge on any atom is 0.408 e. The standard InChI is InChI=1S/C33H36N4O7/c1-5-21-17-33(21,30(40)41)36-29(39)26-15-22(19-37(26)28(38)18-34-31(42)44-32(2,3)4)43-27-16-25(20-11-7-6-8-12-20)35-24-14-10-9-13-23(24)27/h5-14,16,21-22,26H,1,15,17-19H2,2-4H3,(H,34,42)(H,36,39)(H,40,41)/t21?,22-,26+,33+/m1/s1. The van der Waals surface area contributed by atoms with E-state index in [0.717, 1.165) is 16.5 Å². The maximum atomic E-state index is 13.6. The molecule has 3 aromatic rings. The van der Waals surface area contributed by atoms with Crippen molar-refractivity contribution in [3.8, 4) is 17.0 Å². The molecule has 2 aliphatic rings. The summed E-state index contributed by atoms with van der Waals surface area (Å²) in [6.45, 7) is 8.40. The molecule has 0 spiro atoms. The molecule has 11 heteroatoms. The van der Waals surface area contributed by atoms with Crippen molar-refractivity contribution in [1.82, 2.24) is 20.5 Å². The molecule has 44 heavy (non-hydrogen) atoms. The number of carbonyl (C=O) groups excluding carboxylic acids is 3. The molecule has 3 N–H and O–H groups in total. The van der Waals surface area contributed by atoms with Gasteiger partial charge in [-0.05, 0) is 39.3 Å². The summed E-state index contributed by atoms with van der Waals surface area (Å²) < 4.78 is 11.7. The average Bonchev–Trinajstić information content (AvgIpc) is 3.55. The Kier molecular flexibility index (Phi) is 8.31. The van der Waals surface area contributed by atoms with Crippen LogP contribution in [0.4, 0.5) is 4.79 Å². The van der Waals surface area contributed by atoms with Gasteiger partial charge in [-0.2, -0.15) is 0 Å². The Balaban J connectivity index is 1.40. The molecule has 0 bridgehead atoms. The molecule has 11 nitrogen and oxygen atoms in total. The Bertz CT molecular complexity index is 1600. The number of rotatable bonds is 9. The second-order valence-corrected chi connectivity index (χ2v) is 12.1. The van der Waals surface area contributed by atoms with Crippen LogP contribution in [0.25, 0.3) is 22.2 Å². The lowest BCUT2D eigenvalue weighted by atomic mass is 10.1.